The average Bonchev–Trinajstić information content (AvgIpc) is 2.42. The zero-order valence-corrected chi connectivity index (χ0v) is 8.20. The normalized spacial score (nSPS) is 17.6. The van der Waals surface area contributed by atoms with Gasteiger partial charge in [-0.15, -0.1) is 0 Å². The van der Waals surface area contributed by atoms with Crippen molar-refractivity contribution in [2.75, 3.05) is 0 Å². The molecular formula is C5H8BF4N3O4. The fourth-order valence-electron chi connectivity index (χ4n) is 0.923. The minimum atomic E-state index is -6.00. The van der Waals surface area contributed by atoms with Crippen molar-refractivity contribution in [3.63, 3.8) is 0 Å². The van der Waals surface area contributed by atoms with Gasteiger partial charge >= 0.3 is 13.3 Å². The summed E-state index contributed by atoms with van der Waals surface area (Å²) in [6, 6.07) is -1.18. The standard InChI is InChI=1S/C5H7N3O4.BF4/c6-5(11)8(12)7-3(9)1-2-4(7)10;2-1(3,4)5/h12H,1-2H2,(H2,6,11);/q;-1/p+1. The number of nitrogens with one attached hydrogen (secondary N) is 1. The number of hydrogen-bond acceptors (Lipinski definition) is 4. The van der Waals surface area contributed by atoms with Crippen molar-refractivity contribution in [1.29, 1.82) is 0 Å². The van der Waals surface area contributed by atoms with E-state index in [0.29, 0.717) is 5.01 Å². The van der Waals surface area contributed by atoms with E-state index in [1.54, 1.807) is 0 Å². The Morgan fingerprint density at radius 3 is 1.76 bits per heavy atom. The number of amides is 4. The number of nitrogens with zero attached hydrogens (tertiary/aromatic N) is 1. The molecule has 98 valence electrons. The molecule has 0 bridgehead atoms. The Hall–Kier alpha value is -1.69. The zero-order chi connectivity index (χ0) is 13.8. The van der Waals surface area contributed by atoms with Gasteiger partial charge in [0.1, 0.15) is 0 Å². The number of carbonyl (C=O) groups is 3. The molecule has 1 aliphatic heterocycles. The van der Waals surface area contributed by atoms with E-state index in [2.05, 4.69) is 5.73 Å². The molecule has 0 aliphatic carbocycles. The van der Waals surface area contributed by atoms with Gasteiger partial charge in [0.2, 0.25) is 0 Å². The molecule has 0 spiro atoms. The molecule has 1 heterocycles. The lowest BCUT2D eigenvalue weighted by Gasteiger charge is -2.13. The van der Waals surface area contributed by atoms with E-state index in [-0.39, 0.29) is 12.8 Å². The van der Waals surface area contributed by atoms with E-state index >= 15 is 0 Å². The predicted octanol–water partition coefficient (Wildman–Crippen LogP) is -1.30. The molecule has 0 aromatic rings. The van der Waals surface area contributed by atoms with Crippen LogP contribution in [0.15, 0.2) is 0 Å². The zero-order valence-electron chi connectivity index (χ0n) is 8.20. The smallest absolute Gasteiger partial charge is 0.418 e. The summed E-state index contributed by atoms with van der Waals surface area (Å²) >= 11 is 0. The third kappa shape index (κ3) is 5.82. The maximum atomic E-state index is 10.8. The maximum absolute atomic E-state index is 10.8. The maximum Gasteiger partial charge on any atom is 0.673 e. The number of urea groups is 1. The Morgan fingerprint density at radius 2 is 1.53 bits per heavy atom. The molecule has 4 amide bonds. The van der Waals surface area contributed by atoms with Crippen LogP contribution in [0.3, 0.4) is 0 Å². The van der Waals surface area contributed by atoms with Crippen molar-refractivity contribution in [3.8, 4) is 0 Å². The Labute approximate surface area is 91.8 Å². The van der Waals surface area contributed by atoms with Crippen LogP contribution < -0.4 is 10.9 Å². The van der Waals surface area contributed by atoms with Crippen molar-refractivity contribution in [1.82, 2.24) is 5.01 Å². The van der Waals surface area contributed by atoms with Gasteiger partial charge < -0.3 is 23.0 Å². The topological polar surface area (TPSA) is 105 Å². The van der Waals surface area contributed by atoms with E-state index in [1.807, 2.05) is 0 Å². The minimum Gasteiger partial charge on any atom is -0.418 e. The summed E-state index contributed by atoms with van der Waals surface area (Å²) in [5.74, 6) is -1.20. The summed E-state index contributed by atoms with van der Waals surface area (Å²) in [4.78, 5) is 32.1. The SMILES string of the molecule is F[B-](F)(F)F.NC(=O)[NH+](O)N1C(=O)CCC1=O. The molecule has 1 fully saturated rings. The van der Waals surface area contributed by atoms with Gasteiger partial charge in [-0.2, -0.15) is 5.21 Å². The van der Waals surface area contributed by atoms with Gasteiger partial charge in [0.05, 0.1) is 0 Å². The number of imide groups is 1. The molecule has 1 unspecified atom stereocenters. The van der Waals surface area contributed by atoms with Crippen molar-refractivity contribution in [2.45, 2.75) is 12.8 Å². The van der Waals surface area contributed by atoms with Crippen LogP contribution in [-0.4, -0.2) is 35.3 Å². The number of nitrogens with two attached hydrogens (primary N) is 1. The molecule has 12 heteroatoms. The van der Waals surface area contributed by atoms with Crippen LogP contribution in [0.5, 0.6) is 0 Å². The van der Waals surface area contributed by atoms with E-state index in [9.17, 15) is 31.6 Å². The first-order valence-electron chi connectivity index (χ1n) is 4.13. The largest absolute Gasteiger partial charge is 0.673 e. The fraction of sp³-hybridized carbons (Fsp3) is 0.400. The molecular weight excluding hydrogens is 253 g/mol. The van der Waals surface area contributed by atoms with Crippen LogP contribution in [0.4, 0.5) is 22.1 Å². The van der Waals surface area contributed by atoms with Gasteiger partial charge in [0.25, 0.3) is 11.8 Å². The lowest BCUT2D eigenvalue weighted by atomic mass is 10.3. The van der Waals surface area contributed by atoms with Gasteiger partial charge in [-0.3, -0.25) is 9.59 Å². The lowest BCUT2D eigenvalue weighted by molar-refractivity contribution is -1.09. The molecule has 0 saturated carbocycles. The summed E-state index contributed by atoms with van der Waals surface area (Å²) in [7, 11) is -6.00. The van der Waals surface area contributed by atoms with Crippen LogP contribution in [0, 0.1) is 0 Å². The molecule has 1 atom stereocenters. The highest BCUT2D eigenvalue weighted by atomic mass is 19.5. The lowest BCUT2D eigenvalue weighted by Crippen LogP contribution is -3.20. The summed E-state index contributed by atoms with van der Waals surface area (Å²) in [6.07, 6.45) is 0.0202. The van der Waals surface area contributed by atoms with Crippen LogP contribution in [0.25, 0.3) is 0 Å². The van der Waals surface area contributed by atoms with Gasteiger partial charge in [-0.25, -0.2) is 4.79 Å². The number of hydroxylamine groups is 1. The van der Waals surface area contributed by atoms with Crippen LogP contribution in [-0.2, 0) is 9.59 Å². The van der Waals surface area contributed by atoms with Gasteiger partial charge in [-0.1, -0.05) is 5.01 Å². The second-order valence-corrected chi connectivity index (χ2v) is 2.81. The summed E-state index contributed by atoms with van der Waals surface area (Å²) < 4.78 is 39.0. The number of quaternary nitrogens is 1. The van der Waals surface area contributed by atoms with Crippen LogP contribution >= 0.6 is 0 Å². The number of hydrogen-bond donors (Lipinski definition) is 3. The number of rotatable bonds is 1. The van der Waals surface area contributed by atoms with Crippen molar-refractivity contribution >= 4 is 25.1 Å². The molecule has 4 N–H and O–H groups in total. The highest BCUT2D eigenvalue weighted by Gasteiger charge is 2.40. The first kappa shape index (κ1) is 15.3. The summed E-state index contributed by atoms with van der Waals surface area (Å²) in [5.41, 5.74) is 4.67. The molecule has 0 aromatic carbocycles. The highest BCUT2D eigenvalue weighted by Crippen LogP contribution is 2.06. The molecule has 7 nitrogen and oxygen atoms in total. The second-order valence-electron chi connectivity index (χ2n) is 2.81. The Bertz CT molecular complexity index is 314. The van der Waals surface area contributed by atoms with Crippen LogP contribution in [0.1, 0.15) is 12.8 Å². The second kappa shape index (κ2) is 5.59. The van der Waals surface area contributed by atoms with Crippen molar-refractivity contribution in [3.05, 3.63) is 0 Å². The van der Waals surface area contributed by atoms with E-state index < -0.39 is 30.3 Å². The third-order valence-corrected chi connectivity index (χ3v) is 1.48. The van der Waals surface area contributed by atoms with E-state index in [4.69, 9.17) is 5.21 Å². The third-order valence-electron chi connectivity index (χ3n) is 1.48. The first-order valence-corrected chi connectivity index (χ1v) is 4.13. The molecule has 0 radical (unpaired) electrons. The molecule has 1 saturated heterocycles. The van der Waals surface area contributed by atoms with Gasteiger partial charge in [0, 0.05) is 12.8 Å². The number of halogens is 4. The molecule has 0 aromatic heterocycles. The van der Waals surface area contributed by atoms with Crippen LogP contribution in [0.2, 0.25) is 0 Å². The minimum absolute atomic E-state index is 0.0101. The fourth-order valence-corrected chi connectivity index (χ4v) is 0.923. The molecule has 17 heavy (non-hydrogen) atoms. The molecule has 1 aliphatic rings. The Kier molecular flexibility index (Phi) is 5.03. The van der Waals surface area contributed by atoms with E-state index in [1.165, 1.54) is 0 Å². The van der Waals surface area contributed by atoms with Crippen molar-refractivity contribution in [2.24, 2.45) is 5.73 Å². The Morgan fingerprint density at radius 1 is 1.24 bits per heavy atom. The quantitative estimate of drug-likeness (QED) is 0.179. The predicted molar refractivity (Wildman–Crippen MR) is 43.6 cm³/mol. The summed E-state index contributed by atoms with van der Waals surface area (Å²) in [6.45, 7) is 0. The summed E-state index contributed by atoms with van der Waals surface area (Å²) in [5, 5.41) is 8.30. The number of primary amides is 1. The van der Waals surface area contributed by atoms with Gasteiger partial charge in [-0.05, 0) is 5.17 Å². The first-order chi connectivity index (χ1) is 7.54. The highest BCUT2D eigenvalue weighted by molar-refractivity contribution is 6.50. The average molecular weight is 261 g/mol. The van der Waals surface area contributed by atoms with Crippen molar-refractivity contribution < 1.29 is 42.0 Å². The number of carbonyl (C=O) groups excluding carboxylic acids is 3. The van der Waals surface area contributed by atoms with Gasteiger partial charge in [0.15, 0.2) is 0 Å². The monoisotopic (exact) mass is 261 g/mol. The molecule has 1 rings (SSSR count). The Balaban J connectivity index is 0.000000437. The van der Waals surface area contributed by atoms with E-state index in [0.717, 1.165) is 0 Å².